The van der Waals surface area contributed by atoms with Gasteiger partial charge in [-0.3, -0.25) is 14.4 Å². The molecule has 0 saturated carbocycles. The number of alkyl halides is 3. The molecule has 0 saturated heterocycles. The predicted molar refractivity (Wildman–Crippen MR) is 201 cm³/mol. The number of benzene rings is 5. The van der Waals surface area contributed by atoms with E-state index in [0.29, 0.717) is 33.2 Å². The number of aryl methyl sites for hydroxylation is 1. The van der Waals surface area contributed by atoms with E-state index >= 15 is 0 Å². The van der Waals surface area contributed by atoms with E-state index in [1.54, 1.807) is 97.1 Å². The highest BCUT2D eigenvalue weighted by Gasteiger charge is 2.34. The van der Waals surface area contributed by atoms with Gasteiger partial charge in [0.05, 0.1) is 11.3 Å². The van der Waals surface area contributed by atoms with Gasteiger partial charge in [0.25, 0.3) is 11.8 Å². The number of hydrogen-bond donors (Lipinski definition) is 3. The van der Waals surface area contributed by atoms with Crippen LogP contribution in [0.15, 0.2) is 161 Å². The molecule has 0 bridgehead atoms. The smallest absolute Gasteiger partial charge is 0.418 e. The van der Waals surface area contributed by atoms with Crippen LogP contribution in [0.1, 0.15) is 38.1 Å². The van der Waals surface area contributed by atoms with Crippen LogP contribution in [0.4, 0.5) is 24.5 Å². The van der Waals surface area contributed by atoms with Crippen molar-refractivity contribution in [1.29, 1.82) is 0 Å². The molecule has 53 heavy (non-hydrogen) atoms. The largest absolute Gasteiger partial charge is 0.457 e. The summed E-state index contributed by atoms with van der Waals surface area (Å²) < 4.78 is 47.0. The number of furan rings is 1. The molecule has 5 aromatic carbocycles. The summed E-state index contributed by atoms with van der Waals surface area (Å²) in [6.07, 6.45) is -3.21. The molecule has 0 fully saturated rings. The molecule has 3 N–H and O–H groups in total. The van der Waals surface area contributed by atoms with Gasteiger partial charge in [0.2, 0.25) is 5.91 Å². The first kappa shape index (κ1) is 36.5. The lowest BCUT2D eigenvalue weighted by Gasteiger charge is -2.19. The molecule has 0 unspecified atom stereocenters. The molecule has 1 aromatic heterocycles. The van der Waals surface area contributed by atoms with Gasteiger partial charge in [-0.05, 0) is 73.2 Å². The number of thioether (sulfide) groups is 1. The fraction of sp³-hybridized carbons (Fsp3) is 0.0714. The van der Waals surface area contributed by atoms with Gasteiger partial charge in [-0.25, -0.2) is 0 Å². The van der Waals surface area contributed by atoms with Crippen molar-refractivity contribution in [3.05, 3.63) is 179 Å². The normalized spacial score (nSPS) is 12.1. The Morgan fingerprint density at radius 3 is 2.04 bits per heavy atom. The summed E-state index contributed by atoms with van der Waals surface area (Å²) >= 11 is 1.14. The average Bonchev–Trinajstić information content (AvgIpc) is 3.63. The van der Waals surface area contributed by atoms with E-state index in [4.69, 9.17) is 4.42 Å². The van der Waals surface area contributed by atoms with Crippen molar-refractivity contribution in [1.82, 2.24) is 5.32 Å². The molecule has 1 atom stereocenters. The highest BCUT2D eigenvalue weighted by Crippen LogP contribution is 2.39. The molecule has 266 valence electrons. The van der Waals surface area contributed by atoms with E-state index in [1.165, 1.54) is 24.3 Å². The van der Waals surface area contributed by atoms with Gasteiger partial charge in [0.15, 0.2) is 0 Å². The van der Waals surface area contributed by atoms with Gasteiger partial charge in [-0.1, -0.05) is 90.5 Å². The van der Waals surface area contributed by atoms with Crippen LogP contribution >= 0.6 is 11.8 Å². The molecule has 0 spiro atoms. The number of hydrogen-bond acceptors (Lipinski definition) is 5. The highest BCUT2D eigenvalue weighted by atomic mass is 32.2. The Kier molecular flexibility index (Phi) is 11.2. The third-order valence-corrected chi connectivity index (χ3v) is 9.24. The van der Waals surface area contributed by atoms with Crippen molar-refractivity contribution in [2.75, 3.05) is 10.6 Å². The first-order chi connectivity index (χ1) is 25.5. The second-order valence-corrected chi connectivity index (χ2v) is 13.0. The number of nitrogens with one attached hydrogen (secondary N) is 3. The zero-order valence-electron chi connectivity index (χ0n) is 28.2. The Labute approximate surface area is 307 Å². The molecule has 6 rings (SSSR count). The number of carbonyl (C=O) groups is 3. The van der Waals surface area contributed by atoms with E-state index in [2.05, 4.69) is 16.0 Å². The second-order valence-electron chi connectivity index (χ2n) is 11.9. The van der Waals surface area contributed by atoms with Crippen LogP contribution in [-0.2, 0) is 15.8 Å². The topological polar surface area (TPSA) is 100 Å². The zero-order valence-corrected chi connectivity index (χ0v) is 29.0. The van der Waals surface area contributed by atoms with Gasteiger partial charge in [-0.15, -0.1) is 11.8 Å². The quantitative estimate of drug-likeness (QED) is 0.0910. The van der Waals surface area contributed by atoms with Crippen molar-refractivity contribution in [2.24, 2.45) is 0 Å². The number of carbonyl (C=O) groups excluding carboxylic acids is 3. The van der Waals surface area contributed by atoms with Crippen molar-refractivity contribution >= 4 is 46.9 Å². The molecular formula is C42H32F3N3O4S. The summed E-state index contributed by atoms with van der Waals surface area (Å²) in [6, 6.07) is 39.8. The van der Waals surface area contributed by atoms with Crippen LogP contribution < -0.4 is 16.0 Å². The summed E-state index contributed by atoms with van der Waals surface area (Å²) in [5, 5.41) is 7.04. The Balaban J connectivity index is 1.21. The maximum absolute atomic E-state index is 13.7. The number of anilines is 2. The van der Waals surface area contributed by atoms with Gasteiger partial charge >= 0.3 is 6.18 Å². The Morgan fingerprint density at radius 1 is 0.717 bits per heavy atom. The zero-order chi connectivity index (χ0) is 37.4. The van der Waals surface area contributed by atoms with Crippen LogP contribution in [0.3, 0.4) is 0 Å². The van der Waals surface area contributed by atoms with Crippen LogP contribution in [-0.4, -0.2) is 17.7 Å². The van der Waals surface area contributed by atoms with Gasteiger partial charge in [0.1, 0.15) is 22.5 Å². The molecule has 0 aliphatic rings. The Morgan fingerprint density at radius 2 is 1.36 bits per heavy atom. The van der Waals surface area contributed by atoms with Crippen molar-refractivity contribution in [3.8, 4) is 11.3 Å². The lowest BCUT2D eigenvalue weighted by molar-refractivity contribution is -0.137. The summed E-state index contributed by atoms with van der Waals surface area (Å²) in [4.78, 5) is 40.9. The minimum absolute atomic E-state index is 0.0675. The molecule has 0 aliphatic heterocycles. The van der Waals surface area contributed by atoms with E-state index in [-0.39, 0.29) is 11.4 Å². The van der Waals surface area contributed by atoms with Gasteiger partial charge < -0.3 is 20.4 Å². The minimum Gasteiger partial charge on any atom is -0.457 e. The molecule has 7 nitrogen and oxygen atoms in total. The second kappa shape index (κ2) is 16.3. The van der Waals surface area contributed by atoms with Crippen LogP contribution in [0.25, 0.3) is 17.4 Å². The molecule has 0 aliphatic carbocycles. The predicted octanol–water partition coefficient (Wildman–Crippen LogP) is 10.2. The Hall–Kier alpha value is -6.33. The number of amides is 3. The Bertz CT molecular complexity index is 2240. The molecular weight excluding hydrogens is 700 g/mol. The third kappa shape index (κ3) is 9.52. The summed E-state index contributed by atoms with van der Waals surface area (Å²) in [6.45, 7) is 1.98. The first-order valence-corrected chi connectivity index (χ1v) is 17.3. The van der Waals surface area contributed by atoms with E-state index in [9.17, 15) is 27.6 Å². The van der Waals surface area contributed by atoms with E-state index in [1.807, 2.05) is 31.2 Å². The lowest BCUT2D eigenvalue weighted by atomic mass is 10.1. The number of rotatable bonds is 11. The molecule has 1 heterocycles. The van der Waals surface area contributed by atoms with Gasteiger partial charge in [0, 0.05) is 27.8 Å². The van der Waals surface area contributed by atoms with Crippen LogP contribution in [0.2, 0.25) is 0 Å². The van der Waals surface area contributed by atoms with Crippen molar-refractivity contribution in [2.45, 2.75) is 23.2 Å². The van der Waals surface area contributed by atoms with Crippen molar-refractivity contribution < 1.29 is 32.0 Å². The van der Waals surface area contributed by atoms with Crippen molar-refractivity contribution in [3.63, 3.8) is 0 Å². The standard InChI is InChI=1S/C42H32F3N3O4S/c1-27-16-18-28(19-17-27)37-25-22-32(52-37)26-36(48-39(49)30-12-6-3-7-13-30)40(50)46-31-20-23-33(24-21-31)53-38(29-10-4-2-5-11-29)41(51)47-35-15-9-8-14-34(35)42(43,44)45/h2-26,38H,1H3,(H,46,50)(H,47,51)(H,48,49)/b36-26-/t38-/m1/s1. The summed E-state index contributed by atoms with van der Waals surface area (Å²) in [7, 11) is 0. The van der Waals surface area contributed by atoms with Crippen LogP contribution in [0, 0.1) is 6.92 Å². The van der Waals surface area contributed by atoms with Crippen LogP contribution in [0.5, 0.6) is 0 Å². The summed E-state index contributed by atoms with van der Waals surface area (Å²) in [5.41, 5.74) is 1.93. The maximum atomic E-state index is 13.7. The first-order valence-electron chi connectivity index (χ1n) is 16.4. The molecule has 11 heteroatoms. The van der Waals surface area contributed by atoms with Gasteiger partial charge in [-0.2, -0.15) is 13.2 Å². The molecule has 3 amide bonds. The lowest BCUT2D eigenvalue weighted by Crippen LogP contribution is -2.30. The minimum atomic E-state index is -4.65. The number of halogens is 3. The SMILES string of the molecule is Cc1ccc(-c2ccc(/C=C(\NC(=O)c3ccccc3)C(=O)Nc3ccc(S[C@@H](C(=O)Nc4ccccc4C(F)(F)F)c4ccccc4)cc3)o2)cc1. The monoisotopic (exact) mass is 731 g/mol. The third-order valence-electron chi connectivity index (χ3n) is 7.98. The number of para-hydroxylation sites is 1. The fourth-order valence-corrected chi connectivity index (χ4v) is 6.30. The highest BCUT2D eigenvalue weighted by molar-refractivity contribution is 8.00. The molecule has 6 aromatic rings. The average molecular weight is 732 g/mol. The molecule has 0 radical (unpaired) electrons. The van der Waals surface area contributed by atoms with E-state index in [0.717, 1.165) is 29.0 Å². The van der Waals surface area contributed by atoms with E-state index < -0.39 is 34.7 Å². The fourth-order valence-electron chi connectivity index (χ4n) is 5.28. The maximum Gasteiger partial charge on any atom is 0.418 e. The summed E-state index contributed by atoms with van der Waals surface area (Å²) in [5.74, 6) is -0.817.